The van der Waals surface area contributed by atoms with Crippen LogP contribution in [0.2, 0.25) is 0 Å². The number of nitrogens with zero attached hydrogens (tertiary/aromatic N) is 2. The van der Waals surface area contributed by atoms with Crippen LogP contribution in [0.5, 0.6) is 5.75 Å². The Morgan fingerprint density at radius 3 is 2.81 bits per heavy atom. The molecule has 0 radical (unpaired) electrons. The van der Waals surface area contributed by atoms with Gasteiger partial charge in [0.15, 0.2) is 0 Å². The molecule has 4 rings (SSSR count). The van der Waals surface area contributed by atoms with Crippen LogP contribution in [0.1, 0.15) is 30.4 Å². The standard InChI is InChI=1S/C22H27N3O2/c26-22(19-9-13-27-21-6-2-1-5-18(21)14-19)24-20-7-11-25(12-8-20)16-17-4-3-10-23-15-17/h1-6,10,15,19-20H,7-9,11-14,16H2,(H,24,26)/t19-/m0/s1. The molecule has 2 aliphatic heterocycles. The van der Waals surface area contributed by atoms with Crippen LogP contribution in [-0.2, 0) is 17.8 Å². The van der Waals surface area contributed by atoms with Crippen molar-refractivity contribution < 1.29 is 9.53 Å². The number of benzene rings is 1. The lowest BCUT2D eigenvalue weighted by Crippen LogP contribution is -2.46. The van der Waals surface area contributed by atoms with Crippen molar-refractivity contribution in [3.63, 3.8) is 0 Å². The van der Waals surface area contributed by atoms with Gasteiger partial charge in [0.05, 0.1) is 6.61 Å². The highest BCUT2D eigenvalue weighted by Gasteiger charge is 2.27. The van der Waals surface area contributed by atoms with Crippen LogP contribution in [0.25, 0.3) is 0 Å². The van der Waals surface area contributed by atoms with Gasteiger partial charge in [0, 0.05) is 44.0 Å². The number of nitrogens with one attached hydrogen (secondary N) is 1. The van der Waals surface area contributed by atoms with Gasteiger partial charge in [0.1, 0.15) is 5.75 Å². The zero-order chi connectivity index (χ0) is 18.5. The minimum Gasteiger partial charge on any atom is -0.493 e. The second kappa shape index (κ2) is 8.53. The van der Waals surface area contributed by atoms with Crippen LogP contribution in [0.4, 0.5) is 0 Å². The maximum absolute atomic E-state index is 12.8. The molecule has 2 aromatic rings. The van der Waals surface area contributed by atoms with Crippen molar-refractivity contribution in [1.82, 2.24) is 15.2 Å². The maximum atomic E-state index is 12.8. The molecule has 142 valence electrons. The number of hydrogen-bond donors (Lipinski definition) is 1. The fourth-order valence-corrected chi connectivity index (χ4v) is 4.02. The van der Waals surface area contributed by atoms with E-state index in [4.69, 9.17) is 4.74 Å². The summed E-state index contributed by atoms with van der Waals surface area (Å²) >= 11 is 0. The van der Waals surface area contributed by atoms with E-state index in [0.29, 0.717) is 6.61 Å². The van der Waals surface area contributed by atoms with Gasteiger partial charge in [-0.05, 0) is 48.9 Å². The van der Waals surface area contributed by atoms with Crippen molar-refractivity contribution in [1.29, 1.82) is 0 Å². The summed E-state index contributed by atoms with van der Waals surface area (Å²) in [5.41, 5.74) is 2.39. The summed E-state index contributed by atoms with van der Waals surface area (Å²) in [6.07, 6.45) is 7.29. The van der Waals surface area contributed by atoms with Crippen LogP contribution in [0.15, 0.2) is 48.8 Å². The SMILES string of the molecule is O=C(NC1CCN(Cc2cccnc2)CC1)[C@H]1CCOc2ccccc2C1. The average Bonchev–Trinajstić information content (AvgIpc) is 2.93. The summed E-state index contributed by atoms with van der Waals surface area (Å²) < 4.78 is 5.80. The molecule has 0 spiro atoms. The summed E-state index contributed by atoms with van der Waals surface area (Å²) in [6.45, 7) is 3.57. The third-order valence-electron chi connectivity index (χ3n) is 5.60. The van der Waals surface area contributed by atoms with Gasteiger partial charge in [0.2, 0.25) is 5.91 Å². The van der Waals surface area contributed by atoms with Crippen molar-refractivity contribution in [3.05, 3.63) is 59.9 Å². The van der Waals surface area contributed by atoms with Gasteiger partial charge >= 0.3 is 0 Å². The second-order valence-corrected chi connectivity index (χ2v) is 7.57. The van der Waals surface area contributed by atoms with Gasteiger partial charge in [-0.15, -0.1) is 0 Å². The minimum absolute atomic E-state index is 0.00192. The first-order valence-electron chi connectivity index (χ1n) is 9.90. The van der Waals surface area contributed by atoms with Gasteiger partial charge in [-0.25, -0.2) is 0 Å². The fourth-order valence-electron chi connectivity index (χ4n) is 4.02. The van der Waals surface area contributed by atoms with Crippen molar-refractivity contribution in [2.45, 2.75) is 38.3 Å². The molecule has 2 aliphatic rings. The van der Waals surface area contributed by atoms with E-state index in [0.717, 1.165) is 56.6 Å². The number of carbonyl (C=O) groups is 1. The van der Waals surface area contributed by atoms with Crippen molar-refractivity contribution >= 4 is 5.91 Å². The van der Waals surface area contributed by atoms with E-state index in [-0.39, 0.29) is 17.9 Å². The molecule has 0 unspecified atom stereocenters. The highest BCUT2D eigenvalue weighted by molar-refractivity contribution is 5.79. The van der Waals surface area contributed by atoms with E-state index in [1.165, 1.54) is 5.56 Å². The third kappa shape index (κ3) is 4.66. The van der Waals surface area contributed by atoms with Gasteiger partial charge in [-0.2, -0.15) is 0 Å². The van der Waals surface area contributed by atoms with Crippen molar-refractivity contribution in [2.24, 2.45) is 5.92 Å². The van der Waals surface area contributed by atoms with Crippen molar-refractivity contribution in [2.75, 3.05) is 19.7 Å². The summed E-state index contributed by atoms with van der Waals surface area (Å²) in [5.74, 6) is 1.11. The molecule has 0 aliphatic carbocycles. The van der Waals surface area contributed by atoms with Gasteiger partial charge in [0.25, 0.3) is 0 Å². The molecule has 0 saturated carbocycles. The Balaban J connectivity index is 1.27. The molecule has 5 heteroatoms. The summed E-state index contributed by atoms with van der Waals surface area (Å²) in [7, 11) is 0. The number of fused-ring (bicyclic) bond motifs is 1. The lowest BCUT2D eigenvalue weighted by Gasteiger charge is -2.33. The predicted molar refractivity (Wildman–Crippen MR) is 104 cm³/mol. The number of likely N-dealkylation sites (tertiary alicyclic amines) is 1. The molecular formula is C22H27N3O2. The number of hydrogen-bond acceptors (Lipinski definition) is 4. The molecule has 1 atom stereocenters. The Morgan fingerprint density at radius 2 is 2.00 bits per heavy atom. The summed E-state index contributed by atoms with van der Waals surface area (Å²) in [6, 6.07) is 12.4. The Labute approximate surface area is 160 Å². The van der Waals surface area contributed by atoms with Crippen molar-refractivity contribution in [3.8, 4) is 5.75 Å². The predicted octanol–water partition coefficient (Wildman–Crippen LogP) is 2.80. The zero-order valence-corrected chi connectivity index (χ0v) is 15.6. The molecule has 5 nitrogen and oxygen atoms in total. The molecule has 1 aromatic carbocycles. The molecule has 1 aromatic heterocycles. The number of carbonyl (C=O) groups excluding carboxylic acids is 1. The number of rotatable bonds is 4. The van der Waals surface area contributed by atoms with E-state index in [9.17, 15) is 4.79 Å². The molecule has 3 heterocycles. The summed E-state index contributed by atoms with van der Waals surface area (Å²) in [4.78, 5) is 19.4. The minimum atomic E-state index is 0.00192. The molecule has 0 bridgehead atoms. The van der Waals surface area contributed by atoms with Crippen LogP contribution in [0, 0.1) is 5.92 Å². The van der Waals surface area contributed by atoms with Gasteiger partial charge in [-0.1, -0.05) is 24.3 Å². The second-order valence-electron chi connectivity index (χ2n) is 7.57. The number of para-hydroxylation sites is 1. The molecular weight excluding hydrogens is 338 g/mol. The molecule has 1 N–H and O–H groups in total. The van der Waals surface area contributed by atoms with E-state index >= 15 is 0 Å². The first-order chi connectivity index (χ1) is 13.3. The number of piperidine rings is 1. The van der Waals surface area contributed by atoms with Gasteiger partial charge < -0.3 is 10.1 Å². The monoisotopic (exact) mass is 365 g/mol. The first kappa shape index (κ1) is 18.0. The quantitative estimate of drug-likeness (QED) is 0.905. The van der Waals surface area contributed by atoms with Gasteiger partial charge in [-0.3, -0.25) is 14.7 Å². The van der Waals surface area contributed by atoms with E-state index in [1.54, 1.807) is 0 Å². The lowest BCUT2D eigenvalue weighted by atomic mass is 9.95. The highest BCUT2D eigenvalue weighted by Crippen LogP contribution is 2.27. The largest absolute Gasteiger partial charge is 0.493 e. The lowest BCUT2D eigenvalue weighted by molar-refractivity contribution is -0.126. The number of aromatic nitrogens is 1. The maximum Gasteiger partial charge on any atom is 0.223 e. The third-order valence-corrected chi connectivity index (χ3v) is 5.60. The zero-order valence-electron chi connectivity index (χ0n) is 15.6. The molecule has 27 heavy (non-hydrogen) atoms. The first-order valence-corrected chi connectivity index (χ1v) is 9.90. The Morgan fingerprint density at radius 1 is 1.15 bits per heavy atom. The smallest absolute Gasteiger partial charge is 0.223 e. The Kier molecular flexibility index (Phi) is 5.68. The normalized spacial score (nSPS) is 21.0. The van der Waals surface area contributed by atoms with E-state index < -0.39 is 0 Å². The average molecular weight is 365 g/mol. The number of ether oxygens (including phenoxy) is 1. The molecule has 1 saturated heterocycles. The number of pyridine rings is 1. The van der Waals surface area contributed by atoms with Crippen LogP contribution < -0.4 is 10.1 Å². The van der Waals surface area contributed by atoms with Crippen LogP contribution in [-0.4, -0.2) is 41.5 Å². The van der Waals surface area contributed by atoms with E-state index in [1.807, 2.05) is 36.7 Å². The Bertz CT molecular complexity index is 757. The topological polar surface area (TPSA) is 54.5 Å². The number of amides is 1. The Hall–Kier alpha value is -2.40. The molecule has 1 fully saturated rings. The van der Waals surface area contributed by atoms with E-state index in [2.05, 4.69) is 27.3 Å². The van der Waals surface area contributed by atoms with Crippen LogP contribution >= 0.6 is 0 Å². The molecule has 1 amide bonds. The summed E-state index contributed by atoms with van der Waals surface area (Å²) in [5, 5.41) is 3.30. The fraction of sp³-hybridized carbons (Fsp3) is 0.455. The highest BCUT2D eigenvalue weighted by atomic mass is 16.5. The van der Waals surface area contributed by atoms with Crippen LogP contribution in [0.3, 0.4) is 0 Å².